The fourth-order valence-electron chi connectivity index (χ4n) is 1.56. The third-order valence-corrected chi connectivity index (χ3v) is 2.57. The van der Waals surface area contributed by atoms with Crippen LogP contribution in [-0.2, 0) is 6.42 Å². The van der Waals surface area contributed by atoms with Gasteiger partial charge < -0.3 is 19.6 Å². The molecule has 0 unspecified atom stereocenters. The van der Waals surface area contributed by atoms with Gasteiger partial charge >= 0.3 is 5.97 Å². The Morgan fingerprint density at radius 2 is 2.16 bits per heavy atom. The van der Waals surface area contributed by atoms with Crippen molar-refractivity contribution < 1.29 is 19.1 Å². The summed E-state index contributed by atoms with van der Waals surface area (Å²) in [4.78, 5) is 14.4. The van der Waals surface area contributed by atoms with Crippen LogP contribution >= 0.6 is 0 Å². The fraction of sp³-hybridized carbons (Fsp3) is 0.231. The largest absolute Gasteiger partial charge is 0.497 e. The van der Waals surface area contributed by atoms with E-state index in [9.17, 15) is 4.79 Å². The van der Waals surface area contributed by atoms with Crippen LogP contribution in [0.25, 0.3) is 0 Å². The van der Waals surface area contributed by atoms with E-state index in [-0.39, 0.29) is 11.7 Å². The molecule has 2 aromatic rings. The van der Waals surface area contributed by atoms with Gasteiger partial charge in [0.15, 0.2) is 5.69 Å². The molecule has 0 aliphatic heterocycles. The van der Waals surface area contributed by atoms with E-state index in [1.165, 1.54) is 0 Å². The van der Waals surface area contributed by atoms with E-state index in [1.807, 2.05) is 24.3 Å². The first-order chi connectivity index (χ1) is 9.19. The summed E-state index contributed by atoms with van der Waals surface area (Å²) in [5.74, 6) is -0.289. The molecule has 0 radical (unpaired) electrons. The van der Waals surface area contributed by atoms with Crippen LogP contribution in [-0.4, -0.2) is 29.7 Å². The molecule has 0 fully saturated rings. The smallest absolute Gasteiger partial charge is 0.357 e. The Kier molecular flexibility index (Phi) is 4.02. The minimum absolute atomic E-state index is 0.105. The molecule has 0 saturated heterocycles. The number of nitrogens with one attached hydrogen (secondary N) is 1. The Balaban J connectivity index is 1.83. The summed E-state index contributed by atoms with van der Waals surface area (Å²) in [5, 5.41) is 11.6. The Hall–Kier alpha value is -2.50. The van der Waals surface area contributed by atoms with Gasteiger partial charge in [-0.05, 0) is 24.1 Å². The zero-order valence-electron chi connectivity index (χ0n) is 10.4. The van der Waals surface area contributed by atoms with Gasteiger partial charge in [-0.15, -0.1) is 0 Å². The highest BCUT2D eigenvalue weighted by Gasteiger charge is 2.09. The lowest BCUT2D eigenvalue weighted by Gasteiger charge is -2.03. The van der Waals surface area contributed by atoms with Gasteiger partial charge in [0.25, 0.3) is 6.01 Å². The third-order valence-electron chi connectivity index (χ3n) is 2.57. The monoisotopic (exact) mass is 262 g/mol. The van der Waals surface area contributed by atoms with Crippen LogP contribution in [0.1, 0.15) is 16.1 Å². The van der Waals surface area contributed by atoms with Crippen LogP contribution in [0.15, 0.2) is 34.9 Å². The van der Waals surface area contributed by atoms with Crippen molar-refractivity contribution in [1.29, 1.82) is 0 Å². The van der Waals surface area contributed by atoms with Crippen LogP contribution < -0.4 is 10.1 Å². The zero-order valence-corrected chi connectivity index (χ0v) is 10.4. The highest BCUT2D eigenvalue weighted by Crippen LogP contribution is 2.12. The molecule has 2 N–H and O–H groups in total. The number of aromatic carboxylic acids is 1. The Morgan fingerprint density at radius 1 is 1.42 bits per heavy atom. The lowest BCUT2D eigenvalue weighted by Crippen LogP contribution is -2.05. The van der Waals surface area contributed by atoms with E-state index in [0.29, 0.717) is 6.54 Å². The van der Waals surface area contributed by atoms with E-state index in [1.54, 1.807) is 7.11 Å². The van der Waals surface area contributed by atoms with Crippen molar-refractivity contribution in [2.45, 2.75) is 6.42 Å². The second-order valence-electron chi connectivity index (χ2n) is 3.87. The number of rotatable bonds is 6. The number of methoxy groups -OCH3 is 1. The first kappa shape index (κ1) is 12.9. The number of anilines is 1. The molecule has 1 aromatic heterocycles. The first-order valence-electron chi connectivity index (χ1n) is 5.74. The van der Waals surface area contributed by atoms with Crippen LogP contribution in [0.2, 0.25) is 0 Å². The number of oxazole rings is 1. The molecule has 0 saturated carbocycles. The third kappa shape index (κ3) is 3.48. The molecule has 0 amide bonds. The molecule has 100 valence electrons. The molecule has 6 nitrogen and oxygen atoms in total. The predicted octanol–water partition coefficient (Wildman–Crippen LogP) is 2.04. The number of ether oxygens (including phenoxy) is 1. The molecule has 0 atom stereocenters. The highest BCUT2D eigenvalue weighted by molar-refractivity contribution is 5.85. The SMILES string of the molecule is COc1ccc(CCNc2nc(C(=O)O)co2)cc1. The maximum Gasteiger partial charge on any atom is 0.357 e. The van der Waals surface area contributed by atoms with Crippen LogP contribution in [0.4, 0.5) is 6.01 Å². The molecule has 0 aliphatic carbocycles. The second kappa shape index (κ2) is 5.90. The number of aromatic nitrogens is 1. The molecule has 6 heteroatoms. The average molecular weight is 262 g/mol. The van der Waals surface area contributed by atoms with E-state index < -0.39 is 5.97 Å². The first-order valence-corrected chi connectivity index (χ1v) is 5.74. The van der Waals surface area contributed by atoms with E-state index in [0.717, 1.165) is 24.0 Å². The lowest BCUT2D eigenvalue weighted by molar-refractivity contribution is 0.0690. The average Bonchev–Trinajstić information content (AvgIpc) is 2.89. The molecule has 1 aromatic carbocycles. The number of carbonyl (C=O) groups is 1. The van der Waals surface area contributed by atoms with E-state index in [2.05, 4.69) is 10.3 Å². The summed E-state index contributed by atoms with van der Waals surface area (Å²) in [6.07, 6.45) is 1.88. The van der Waals surface area contributed by atoms with Crippen LogP contribution in [0, 0.1) is 0 Å². The van der Waals surface area contributed by atoms with Gasteiger partial charge in [-0.3, -0.25) is 0 Å². The number of nitrogens with zero attached hydrogens (tertiary/aromatic N) is 1. The van der Waals surface area contributed by atoms with Gasteiger partial charge in [0, 0.05) is 6.54 Å². The van der Waals surface area contributed by atoms with Crippen molar-refractivity contribution >= 4 is 12.0 Å². The number of benzene rings is 1. The Morgan fingerprint density at radius 3 is 2.74 bits per heavy atom. The van der Waals surface area contributed by atoms with Crippen molar-refractivity contribution in [3.8, 4) is 5.75 Å². The quantitative estimate of drug-likeness (QED) is 0.828. The zero-order chi connectivity index (χ0) is 13.7. The maximum absolute atomic E-state index is 10.6. The second-order valence-corrected chi connectivity index (χ2v) is 3.87. The number of carboxylic acid groups (broad SMARTS) is 1. The van der Waals surface area contributed by atoms with Crippen molar-refractivity contribution in [3.63, 3.8) is 0 Å². The maximum atomic E-state index is 10.6. The summed E-state index contributed by atoms with van der Waals surface area (Å²) < 4.78 is 10.0. The number of hydrogen-bond donors (Lipinski definition) is 2. The number of hydrogen-bond acceptors (Lipinski definition) is 5. The van der Waals surface area contributed by atoms with E-state index >= 15 is 0 Å². The van der Waals surface area contributed by atoms with Gasteiger partial charge in [-0.25, -0.2) is 4.79 Å². The van der Waals surface area contributed by atoms with Crippen molar-refractivity contribution in [2.24, 2.45) is 0 Å². The highest BCUT2D eigenvalue weighted by atomic mass is 16.5. The molecule has 19 heavy (non-hydrogen) atoms. The van der Waals surface area contributed by atoms with Crippen LogP contribution in [0.5, 0.6) is 5.75 Å². The van der Waals surface area contributed by atoms with Gasteiger partial charge in [0.05, 0.1) is 7.11 Å². The van der Waals surface area contributed by atoms with E-state index in [4.69, 9.17) is 14.3 Å². The van der Waals surface area contributed by atoms with Gasteiger partial charge in [0.2, 0.25) is 0 Å². The molecule has 0 bridgehead atoms. The van der Waals surface area contributed by atoms with Crippen molar-refractivity contribution in [1.82, 2.24) is 4.98 Å². The summed E-state index contributed by atoms with van der Waals surface area (Å²) >= 11 is 0. The predicted molar refractivity (Wildman–Crippen MR) is 68.7 cm³/mol. The van der Waals surface area contributed by atoms with Gasteiger partial charge in [-0.2, -0.15) is 4.98 Å². The summed E-state index contributed by atoms with van der Waals surface area (Å²) in [6, 6.07) is 7.94. The fourth-order valence-corrected chi connectivity index (χ4v) is 1.56. The summed E-state index contributed by atoms with van der Waals surface area (Å²) in [7, 11) is 1.62. The standard InChI is InChI=1S/C13H14N2O4/c1-18-10-4-2-9(3-5-10)6-7-14-13-15-11(8-19-13)12(16)17/h2-5,8H,6-7H2,1H3,(H,14,15)(H,16,17). The van der Waals surface area contributed by atoms with Crippen LogP contribution in [0.3, 0.4) is 0 Å². The van der Waals surface area contributed by atoms with Gasteiger partial charge in [-0.1, -0.05) is 12.1 Å². The molecule has 0 aliphatic rings. The normalized spacial score (nSPS) is 10.2. The molecule has 1 heterocycles. The molecular weight excluding hydrogens is 248 g/mol. The lowest BCUT2D eigenvalue weighted by atomic mass is 10.1. The minimum Gasteiger partial charge on any atom is -0.497 e. The van der Waals surface area contributed by atoms with Crippen molar-refractivity contribution in [3.05, 3.63) is 41.8 Å². The molecule has 0 spiro atoms. The molecular formula is C13H14N2O4. The minimum atomic E-state index is -1.10. The van der Waals surface area contributed by atoms with Gasteiger partial charge in [0.1, 0.15) is 12.0 Å². The van der Waals surface area contributed by atoms with Crippen molar-refractivity contribution in [2.75, 3.05) is 19.0 Å². The summed E-state index contributed by atoms with van der Waals surface area (Å²) in [5.41, 5.74) is 1.03. The Bertz CT molecular complexity index is 548. The topological polar surface area (TPSA) is 84.6 Å². The molecule has 2 rings (SSSR count). The Labute approximate surface area is 110 Å². The number of carboxylic acids is 1. The summed E-state index contributed by atoms with van der Waals surface area (Å²) in [6.45, 7) is 0.603.